The van der Waals surface area contributed by atoms with Gasteiger partial charge in [-0.2, -0.15) is 13.2 Å². The van der Waals surface area contributed by atoms with E-state index in [0.717, 1.165) is 25.7 Å². The van der Waals surface area contributed by atoms with Crippen molar-refractivity contribution < 1.29 is 18.0 Å². The van der Waals surface area contributed by atoms with Crippen LogP contribution in [-0.4, -0.2) is 36.0 Å². The van der Waals surface area contributed by atoms with E-state index in [1.165, 1.54) is 6.07 Å². The Bertz CT molecular complexity index is 619. The van der Waals surface area contributed by atoms with Gasteiger partial charge in [0, 0.05) is 23.5 Å². The summed E-state index contributed by atoms with van der Waals surface area (Å²) in [6.07, 6.45) is -1.19. The second-order valence-corrected chi connectivity index (χ2v) is 7.92. The van der Waals surface area contributed by atoms with E-state index in [1.54, 1.807) is 18.2 Å². The summed E-state index contributed by atoms with van der Waals surface area (Å²) in [5.41, 5.74) is 0.366. The van der Waals surface area contributed by atoms with Crippen LogP contribution in [0.3, 0.4) is 0 Å². The fraction of sp³-hybridized carbons (Fsp3) is 0.632. The summed E-state index contributed by atoms with van der Waals surface area (Å²) in [6.45, 7) is 0. The van der Waals surface area contributed by atoms with E-state index in [2.05, 4.69) is 11.9 Å². The molecule has 0 radical (unpaired) electrons. The lowest BCUT2D eigenvalue weighted by Crippen LogP contribution is -2.40. The van der Waals surface area contributed by atoms with Crippen LogP contribution in [-0.2, 0) is 4.79 Å². The maximum atomic E-state index is 13.0. The second kappa shape index (κ2) is 7.28. The molecule has 2 fully saturated rings. The molecule has 2 aliphatic rings. The molecular formula is C19H23ClF3NO. The molecule has 2 unspecified atom stereocenters. The number of fused-ring (bicyclic) bond motifs is 2. The molecule has 2 bridgehead atoms. The highest BCUT2D eigenvalue weighted by Crippen LogP contribution is 2.41. The molecule has 2 saturated heterocycles. The van der Waals surface area contributed by atoms with Crippen molar-refractivity contribution in [3.63, 3.8) is 0 Å². The molecule has 25 heavy (non-hydrogen) atoms. The van der Waals surface area contributed by atoms with Crippen LogP contribution in [0.1, 0.15) is 50.0 Å². The molecule has 0 spiro atoms. The number of hydrogen-bond donors (Lipinski definition) is 0. The molecule has 0 N–H and O–H groups in total. The smallest absolute Gasteiger partial charge is 0.300 e. The topological polar surface area (TPSA) is 20.3 Å². The van der Waals surface area contributed by atoms with Gasteiger partial charge in [0.25, 0.3) is 0 Å². The number of halogens is 4. The Morgan fingerprint density at radius 2 is 1.92 bits per heavy atom. The van der Waals surface area contributed by atoms with Crippen LogP contribution in [0.5, 0.6) is 0 Å². The quantitative estimate of drug-likeness (QED) is 0.706. The first-order valence-corrected chi connectivity index (χ1v) is 9.17. The third-order valence-electron chi connectivity index (χ3n) is 5.76. The molecule has 0 saturated carbocycles. The molecule has 1 aromatic rings. The molecule has 138 valence electrons. The van der Waals surface area contributed by atoms with Crippen molar-refractivity contribution in [1.82, 2.24) is 4.90 Å². The molecule has 1 aromatic carbocycles. The van der Waals surface area contributed by atoms with Gasteiger partial charge in [-0.05, 0) is 56.3 Å². The van der Waals surface area contributed by atoms with E-state index < -0.39 is 18.5 Å². The minimum atomic E-state index is -4.38. The van der Waals surface area contributed by atoms with Crippen LogP contribution in [0, 0.1) is 5.92 Å². The van der Waals surface area contributed by atoms with Crippen molar-refractivity contribution in [2.24, 2.45) is 5.92 Å². The maximum Gasteiger partial charge on any atom is 0.390 e. The number of rotatable bonds is 5. The van der Waals surface area contributed by atoms with Gasteiger partial charge in [0.15, 0.2) is 0 Å². The van der Waals surface area contributed by atoms with E-state index >= 15 is 0 Å². The second-order valence-electron chi connectivity index (χ2n) is 7.49. The molecule has 2 nitrogen and oxygen atoms in total. The van der Waals surface area contributed by atoms with Gasteiger partial charge in [-0.25, -0.2) is 0 Å². The molecule has 0 aliphatic carbocycles. The summed E-state index contributed by atoms with van der Waals surface area (Å²) in [5, 5.41) is 0.356. The number of benzene rings is 1. The summed E-state index contributed by atoms with van der Waals surface area (Å²) in [4.78, 5) is 15.1. The minimum absolute atomic E-state index is 0.191. The van der Waals surface area contributed by atoms with E-state index in [0.29, 0.717) is 22.7 Å². The Labute approximate surface area is 151 Å². The highest BCUT2D eigenvalue weighted by molar-refractivity contribution is 6.30. The van der Waals surface area contributed by atoms with Gasteiger partial charge < -0.3 is 4.90 Å². The van der Waals surface area contributed by atoms with Gasteiger partial charge in [-0.1, -0.05) is 23.7 Å². The Balaban J connectivity index is 1.73. The molecule has 3 rings (SSSR count). The van der Waals surface area contributed by atoms with E-state index in [4.69, 9.17) is 11.6 Å². The van der Waals surface area contributed by atoms with Gasteiger partial charge in [-0.3, -0.25) is 4.79 Å². The number of Topliss-reactive ketones (excluding diaryl/α,β-unsaturated/α-hetero) is 1. The predicted octanol–water partition coefficient (Wildman–Crippen LogP) is 5.21. The van der Waals surface area contributed by atoms with E-state index in [-0.39, 0.29) is 18.1 Å². The van der Waals surface area contributed by atoms with Gasteiger partial charge >= 0.3 is 6.18 Å². The lowest BCUT2D eigenvalue weighted by atomic mass is 9.81. The largest absolute Gasteiger partial charge is 0.390 e. The predicted molar refractivity (Wildman–Crippen MR) is 91.8 cm³/mol. The average molecular weight is 374 g/mol. The van der Waals surface area contributed by atoms with Crippen LogP contribution >= 0.6 is 11.6 Å². The van der Waals surface area contributed by atoms with Gasteiger partial charge in [0.2, 0.25) is 0 Å². The van der Waals surface area contributed by atoms with Crippen molar-refractivity contribution >= 4 is 17.4 Å². The fourth-order valence-electron chi connectivity index (χ4n) is 4.49. The SMILES string of the molecule is CN1[C@@H]2CC[C@H]1CC(CC(=O)C(CC(F)(F)F)c1cccc(Cl)c1)C2. The Kier molecular flexibility index (Phi) is 5.45. The zero-order valence-corrected chi connectivity index (χ0v) is 15.0. The normalized spacial score (nSPS) is 28.1. The summed E-state index contributed by atoms with van der Waals surface area (Å²) in [6, 6.07) is 7.21. The van der Waals surface area contributed by atoms with Crippen LogP contribution < -0.4 is 0 Å². The Morgan fingerprint density at radius 1 is 1.28 bits per heavy atom. The van der Waals surface area contributed by atoms with Crippen molar-refractivity contribution in [2.75, 3.05) is 7.05 Å². The average Bonchev–Trinajstić information content (AvgIpc) is 2.73. The maximum absolute atomic E-state index is 13.0. The standard InChI is InChI=1S/C19H23ClF3NO/c1-24-15-5-6-16(24)8-12(7-15)9-18(25)17(11-19(21,22)23)13-3-2-4-14(20)10-13/h2-4,10,12,15-17H,5-9,11H2,1H3/t12?,15-,16+,17?. The third-order valence-corrected chi connectivity index (χ3v) is 6.00. The summed E-state index contributed by atoms with van der Waals surface area (Å²) >= 11 is 5.92. The third kappa shape index (κ3) is 4.56. The molecule has 0 aromatic heterocycles. The monoisotopic (exact) mass is 373 g/mol. The molecule has 6 heteroatoms. The first-order chi connectivity index (χ1) is 11.7. The van der Waals surface area contributed by atoms with Crippen LogP contribution in [0.4, 0.5) is 13.2 Å². The molecule has 4 atom stereocenters. The van der Waals surface area contributed by atoms with Crippen molar-refractivity contribution in [2.45, 2.75) is 62.7 Å². The molecule has 0 amide bonds. The van der Waals surface area contributed by atoms with Crippen molar-refractivity contribution in [3.05, 3.63) is 34.9 Å². The fourth-order valence-corrected chi connectivity index (χ4v) is 4.69. The zero-order chi connectivity index (χ0) is 18.2. The van der Waals surface area contributed by atoms with Crippen molar-refractivity contribution in [3.8, 4) is 0 Å². The summed E-state index contributed by atoms with van der Waals surface area (Å²) < 4.78 is 39.1. The Hall–Kier alpha value is -1.07. The summed E-state index contributed by atoms with van der Waals surface area (Å²) in [7, 11) is 2.11. The molecular weight excluding hydrogens is 351 g/mol. The zero-order valence-electron chi connectivity index (χ0n) is 14.2. The van der Waals surface area contributed by atoms with E-state index in [9.17, 15) is 18.0 Å². The number of piperidine rings is 1. The number of alkyl halides is 3. The number of hydrogen-bond acceptors (Lipinski definition) is 2. The van der Waals surface area contributed by atoms with Crippen LogP contribution in [0.2, 0.25) is 5.02 Å². The van der Waals surface area contributed by atoms with Gasteiger partial charge in [0.05, 0.1) is 12.3 Å². The highest BCUT2D eigenvalue weighted by atomic mass is 35.5. The van der Waals surface area contributed by atoms with Gasteiger partial charge in [0.1, 0.15) is 5.78 Å². The van der Waals surface area contributed by atoms with E-state index in [1.807, 2.05) is 0 Å². The minimum Gasteiger partial charge on any atom is -0.300 e. The first-order valence-electron chi connectivity index (χ1n) is 8.80. The number of ketones is 1. The first kappa shape index (κ1) is 18.7. The molecule has 2 aliphatic heterocycles. The summed E-state index contributed by atoms with van der Waals surface area (Å²) in [5.74, 6) is -1.28. The highest BCUT2D eigenvalue weighted by Gasteiger charge is 2.41. The van der Waals surface area contributed by atoms with Crippen LogP contribution in [0.15, 0.2) is 24.3 Å². The lowest BCUT2D eigenvalue weighted by Gasteiger charge is -2.36. The van der Waals surface area contributed by atoms with Crippen molar-refractivity contribution in [1.29, 1.82) is 0 Å². The van der Waals surface area contributed by atoms with Gasteiger partial charge in [-0.15, -0.1) is 0 Å². The number of carbonyl (C=O) groups excluding carboxylic acids is 1. The van der Waals surface area contributed by atoms with Crippen LogP contribution in [0.25, 0.3) is 0 Å². The molecule has 2 heterocycles. The lowest BCUT2D eigenvalue weighted by molar-refractivity contribution is -0.147. The number of nitrogens with zero attached hydrogens (tertiary/aromatic N) is 1. The number of carbonyl (C=O) groups is 1. The Morgan fingerprint density at radius 3 is 2.48 bits per heavy atom.